The van der Waals surface area contributed by atoms with Gasteiger partial charge in [-0.1, -0.05) is 23.2 Å². The van der Waals surface area contributed by atoms with Crippen LogP contribution in [0.3, 0.4) is 0 Å². The predicted octanol–water partition coefficient (Wildman–Crippen LogP) is 3.17. The minimum atomic E-state index is -0.760. The third-order valence-corrected chi connectivity index (χ3v) is 4.04. The highest BCUT2D eigenvalue weighted by Gasteiger charge is 2.14. The van der Waals surface area contributed by atoms with Gasteiger partial charge in [0.05, 0.1) is 0 Å². The lowest BCUT2D eigenvalue weighted by molar-refractivity contribution is -0.136. The van der Waals surface area contributed by atoms with Gasteiger partial charge in [0, 0.05) is 40.6 Å². The van der Waals surface area contributed by atoms with E-state index in [1.165, 1.54) is 12.3 Å². The van der Waals surface area contributed by atoms with Gasteiger partial charge in [0.1, 0.15) is 5.15 Å². The maximum Gasteiger partial charge on any atom is 0.313 e. The van der Waals surface area contributed by atoms with Crippen molar-refractivity contribution in [1.82, 2.24) is 15.3 Å². The maximum absolute atomic E-state index is 11.9. The van der Waals surface area contributed by atoms with Gasteiger partial charge >= 0.3 is 11.8 Å². The van der Waals surface area contributed by atoms with Gasteiger partial charge in [0.25, 0.3) is 0 Å². The van der Waals surface area contributed by atoms with Gasteiger partial charge in [-0.2, -0.15) is 0 Å². The van der Waals surface area contributed by atoms with E-state index < -0.39 is 11.8 Å². The van der Waals surface area contributed by atoms with E-state index in [1.807, 2.05) is 24.4 Å². The Morgan fingerprint density at radius 3 is 2.76 bits per heavy atom. The van der Waals surface area contributed by atoms with Crippen molar-refractivity contribution < 1.29 is 9.59 Å². The molecule has 0 radical (unpaired) electrons. The number of aromatic nitrogens is 2. The van der Waals surface area contributed by atoms with Gasteiger partial charge in [-0.15, -0.1) is 0 Å². The maximum atomic E-state index is 11.9. The first-order valence-corrected chi connectivity index (χ1v) is 8.25. The highest BCUT2D eigenvalue weighted by atomic mass is 35.5. The molecular formula is C17H14Cl2N4O2. The first-order valence-electron chi connectivity index (χ1n) is 7.49. The van der Waals surface area contributed by atoms with Crippen molar-refractivity contribution >= 4 is 51.6 Å². The third-order valence-electron chi connectivity index (χ3n) is 3.60. The summed E-state index contributed by atoms with van der Waals surface area (Å²) >= 11 is 11.7. The van der Waals surface area contributed by atoms with Crippen molar-refractivity contribution in [3.8, 4) is 0 Å². The van der Waals surface area contributed by atoms with E-state index in [4.69, 9.17) is 23.2 Å². The van der Waals surface area contributed by atoms with Crippen LogP contribution in [-0.2, 0) is 16.0 Å². The van der Waals surface area contributed by atoms with E-state index in [9.17, 15) is 9.59 Å². The van der Waals surface area contributed by atoms with Crippen molar-refractivity contribution in [2.75, 3.05) is 11.9 Å². The van der Waals surface area contributed by atoms with E-state index in [2.05, 4.69) is 20.6 Å². The number of hydrogen-bond acceptors (Lipinski definition) is 3. The minimum Gasteiger partial charge on any atom is -0.361 e. The van der Waals surface area contributed by atoms with Gasteiger partial charge in [-0.3, -0.25) is 9.59 Å². The van der Waals surface area contributed by atoms with Crippen molar-refractivity contribution in [2.24, 2.45) is 0 Å². The molecular weight excluding hydrogens is 363 g/mol. The number of H-pyrrole nitrogens is 1. The summed E-state index contributed by atoms with van der Waals surface area (Å²) in [6, 6.07) is 8.58. The summed E-state index contributed by atoms with van der Waals surface area (Å²) < 4.78 is 0. The molecule has 6 nitrogen and oxygen atoms in total. The van der Waals surface area contributed by atoms with Gasteiger partial charge in [-0.05, 0) is 42.3 Å². The van der Waals surface area contributed by atoms with Crippen molar-refractivity contribution in [2.45, 2.75) is 6.42 Å². The normalized spacial score (nSPS) is 10.6. The molecule has 2 heterocycles. The Kier molecular flexibility index (Phi) is 5.21. The summed E-state index contributed by atoms with van der Waals surface area (Å²) in [7, 11) is 0. The molecule has 25 heavy (non-hydrogen) atoms. The van der Waals surface area contributed by atoms with Crippen LogP contribution in [0.4, 0.5) is 5.69 Å². The number of nitrogens with one attached hydrogen (secondary N) is 3. The number of hydrogen-bond donors (Lipinski definition) is 3. The molecule has 0 saturated carbocycles. The fraction of sp³-hybridized carbons (Fsp3) is 0.118. The van der Waals surface area contributed by atoms with Gasteiger partial charge in [0.15, 0.2) is 0 Å². The van der Waals surface area contributed by atoms with E-state index in [0.29, 0.717) is 23.7 Å². The lowest BCUT2D eigenvalue weighted by atomic mass is 10.1. The largest absolute Gasteiger partial charge is 0.361 e. The molecule has 3 rings (SSSR count). The Hall–Kier alpha value is -2.57. The molecule has 128 valence electrons. The zero-order valence-electron chi connectivity index (χ0n) is 13.0. The molecule has 0 unspecified atom stereocenters. The van der Waals surface area contributed by atoms with Crippen LogP contribution >= 0.6 is 23.2 Å². The minimum absolute atomic E-state index is 0.233. The quantitative estimate of drug-likeness (QED) is 0.482. The molecule has 0 fully saturated rings. The molecule has 0 saturated heterocycles. The first-order chi connectivity index (χ1) is 12.0. The van der Waals surface area contributed by atoms with Crippen LogP contribution in [0.5, 0.6) is 0 Å². The smallest absolute Gasteiger partial charge is 0.313 e. The molecule has 0 spiro atoms. The lowest BCUT2D eigenvalue weighted by Gasteiger charge is -2.06. The Labute approximate surface area is 153 Å². The Balaban J connectivity index is 1.55. The fourth-order valence-electron chi connectivity index (χ4n) is 2.42. The summed E-state index contributed by atoms with van der Waals surface area (Å²) in [4.78, 5) is 30.7. The van der Waals surface area contributed by atoms with Crippen molar-refractivity contribution in [3.05, 3.63) is 58.5 Å². The van der Waals surface area contributed by atoms with Gasteiger partial charge < -0.3 is 15.6 Å². The number of amides is 2. The molecule has 1 aromatic carbocycles. The van der Waals surface area contributed by atoms with Gasteiger partial charge in [-0.25, -0.2) is 4.98 Å². The van der Waals surface area contributed by atoms with Crippen LogP contribution in [0.2, 0.25) is 10.2 Å². The number of carbonyl (C=O) groups is 2. The number of aromatic amines is 1. The Morgan fingerprint density at radius 2 is 1.96 bits per heavy atom. The zero-order valence-corrected chi connectivity index (χ0v) is 14.5. The molecule has 0 aliphatic heterocycles. The second-order valence-electron chi connectivity index (χ2n) is 5.33. The van der Waals surface area contributed by atoms with Crippen LogP contribution in [0.15, 0.2) is 42.7 Å². The van der Waals surface area contributed by atoms with Crippen LogP contribution in [0, 0.1) is 0 Å². The molecule has 8 heteroatoms. The fourth-order valence-corrected chi connectivity index (χ4v) is 2.76. The topological polar surface area (TPSA) is 86.9 Å². The van der Waals surface area contributed by atoms with E-state index in [0.717, 1.165) is 16.5 Å². The lowest BCUT2D eigenvalue weighted by Crippen LogP contribution is -2.36. The molecule has 2 aromatic heterocycles. The Bertz CT molecular complexity index is 939. The number of rotatable bonds is 4. The SMILES string of the molecule is O=C(NCCc1c[nH]c2ccc(Cl)cc12)C(=O)Nc1ccnc(Cl)c1. The molecule has 3 aromatic rings. The standard InChI is InChI=1S/C17H14Cl2N4O2/c18-11-1-2-14-13(7-11)10(9-22-14)3-5-21-16(24)17(25)23-12-4-6-20-15(19)8-12/h1-2,4,6-9,22H,3,5H2,(H,21,24)(H,20,23,25). The number of halogens is 2. The number of benzene rings is 1. The molecule has 0 aliphatic carbocycles. The van der Waals surface area contributed by atoms with E-state index in [1.54, 1.807) is 6.07 Å². The number of anilines is 1. The molecule has 0 bridgehead atoms. The second kappa shape index (κ2) is 7.55. The summed E-state index contributed by atoms with van der Waals surface area (Å²) in [6.45, 7) is 0.322. The average Bonchev–Trinajstić information content (AvgIpc) is 2.97. The van der Waals surface area contributed by atoms with E-state index >= 15 is 0 Å². The molecule has 3 N–H and O–H groups in total. The highest BCUT2D eigenvalue weighted by molar-refractivity contribution is 6.39. The summed E-state index contributed by atoms with van der Waals surface area (Å²) in [5.74, 6) is -1.48. The number of pyridine rings is 1. The van der Waals surface area contributed by atoms with Crippen LogP contribution in [-0.4, -0.2) is 28.3 Å². The van der Waals surface area contributed by atoms with Crippen LogP contribution < -0.4 is 10.6 Å². The second-order valence-corrected chi connectivity index (χ2v) is 6.15. The van der Waals surface area contributed by atoms with Crippen molar-refractivity contribution in [1.29, 1.82) is 0 Å². The summed E-state index contributed by atoms with van der Waals surface area (Å²) in [6.07, 6.45) is 3.88. The zero-order chi connectivity index (χ0) is 17.8. The molecule has 2 amide bonds. The molecule has 0 aliphatic rings. The number of carbonyl (C=O) groups excluding carboxylic acids is 2. The number of fused-ring (bicyclic) bond motifs is 1. The van der Waals surface area contributed by atoms with Gasteiger partial charge in [0.2, 0.25) is 0 Å². The van der Waals surface area contributed by atoms with Crippen molar-refractivity contribution in [3.63, 3.8) is 0 Å². The monoisotopic (exact) mass is 376 g/mol. The number of nitrogens with zero attached hydrogens (tertiary/aromatic N) is 1. The first kappa shape index (κ1) is 17.3. The predicted molar refractivity (Wildman–Crippen MR) is 97.9 cm³/mol. The molecule has 0 atom stereocenters. The highest BCUT2D eigenvalue weighted by Crippen LogP contribution is 2.22. The van der Waals surface area contributed by atoms with Crippen LogP contribution in [0.25, 0.3) is 10.9 Å². The average molecular weight is 377 g/mol. The van der Waals surface area contributed by atoms with Crippen LogP contribution in [0.1, 0.15) is 5.56 Å². The summed E-state index contributed by atoms with van der Waals surface area (Å²) in [5, 5.41) is 6.93. The third kappa shape index (κ3) is 4.29. The van der Waals surface area contributed by atoms with E-state index in [-0.39, 0.29) is 5.15 Å². The summed E-state index contributed by atoms with van der Waals surface area (Å²) in [5.41, 5.74) is 2.39. The Morgan fingerprint density at radius 1 is 1.12 bits per heavy atom.